The Bertz CT molecular complexity index is 566. The summed E-state index contributed by atoms with van der Waals surface area (Å²) in [6.45, 7) is 8.27. The lowest BCUT2D eigenvalue weighted by Crippen LogP contribution is -2.49. The smallest absolute Gasteiger partial charge is 0.317 e. The standard InChI is InChI=1S/C17H24ClN3O2/c1-17(2,3)19-16(23)21-10-4-9-20(11-12-21)15(22)13-5-7-14(18)8-6-13/h5-8H,4,9-12H2,1-3H3,(H,19,23). The van der Waals surface area contributed by atoms with Gasteiger partial charge in [-0.25, -0.2) is 4.79 Å². The minimum atomic E-state index is -0.262. The maximum Gasteiger partial charge on any atom is 0.317 e. The predicted octanol–water partition coefficient (Wildman–Crippen LogP) is 3.00. The molecule has 2 rings (SSSR count). The molecule has 6 heteroatoms. The normalized spacial score (nSPS) is 16.0. The Morgan fingerprint density at radius 2 is 1.57 bits per heavy atom. The summed E-state index contributed by atoms with van der Waals surface area (Å²) >= 11 is 5.86. The molecule has 0 spiro atoms. The van der Waals surface area contributed by atoms with Crippen LogP contribution in [0.1, 0.15) is 37.6 Å². The van der Waals surface area contributed by atoms with Crippen molar-refractivity contribution in [3.63, 3.8) is 0 Å². The van der Waals surface area contributed by atoms with Crippen LogP contribution >= 0.6 is 11.6 Å². The van der Waals surface area contributed by atoms with Crippen molar-refractivity contribution < 1.29 is 9.59 Å². The molecule has 1 aromatic carbocycles. The Morgan fingerprint density at radius 1 is 1.00 bits per heavy atom. The van der Waals surface area contributed by atoms with Crippen LogP contribution in [0.25, 0.3) is 0 Å². The SMILES string of the molecule is CC(C)(C)NC(=O)N1CCCN(C(=O)c2ccc(Cl)cc2)CC1. The molecule has 1 N–H and O–H groups in total. The molecule has 1 saturated heterocycles. The fourth-order valence-electron chi connectivity index (χ4n) is 2.50. The first-order valence-electron chi connectivity index (χ1n) is 7.88. The van der Waals surface area contributed by atoms with Crippen molar-refractivity contribution in [2.45, 2.75) is 32.7 Å². The highest BCUT2D eigenvalue weighted by Crippen LogP contribution is 2.13. The monoisotopic (exact) mass is 337 g/mol. The Kier molecular flexibility index (Phi) is 5.52. The molecule has 0 aliphatic carbocycles. The van der Waals surface area contributed by atoms with Crippen LogP contribution in [0, 0.1) is 0 Å². The predicted molar refractivity (Wildman–Crippen MR) is 91.8 cm³/mol. The third-order valence-corrected chi connectivity index (χ3v) is 3.90. The van der Waals surface area contributed by atoms with Gasteiger partial charge >= 0.3 is 6.03 Å². The molecule has 126 valence electrons. The van der Waals surface area contributed by atoms with E-state index in [1.165, 1.54) is 0 Å². The lowest BCUT2D eigenvalue weighted by Gasteiger charge is -2.27. The van der Waals surface area contributed by atoms with Crippen molar-refractivity contribution in [2.75, 3.05) is 26.2 Å². The van der Waals surface area contributed by atoms with Gasteiger partial charge in [0, 0.05) is 42.3 Å². The van der Waals surface area contributed by atoms with E-state index in [0.717, 1.165) is 6.42 Å². The molecule has 0 aromatic heterocycles. The fraction of sp³-hybridized carbons (Fsp3) is 0.529. The maximum atomic E-state index is 12.5. The first kappa shape index (κ1) is 17.6. The molecule has 1 aliphatic rings. The van der Waals surface area contributed by atoms with Gasteiger partial charge in [-0.05, 0) is 51.5 Å². The number of hydrogen-bond donors (Lipinski definition) is 1. The van der Waals surface area contributed by atoms with E-state index in [1.54, 1.807) is 34.1 Å². The van der Waals surface area contributed by atoms with E-state index in [4.69, 9.17) is 11.6 Å². The van der Waals surface area contributed by atoms with Gasteiger partial charge in [-0.15, -0.1) is 0 Å². The molecular weight excluding hydrogens is 314 g/mol. The van der Waals surface area contributed by atoms with Gasteiger partial charge in [0.2, 0.25) is 0 Å². The number of nitrogens with one attached hydrogen (secondary N) is 1. The zero-order valence-electron chi connectivity index (χ0n) is 13.9. The fourth-order valence-corrected chi connectivity index (χ4v) is 2.62. The van der Waals surface area contributed by atoms with Crippen LogP contribution in [0.15, 0.2) is 24.3 Å². The van der Waals surface area contributed by atoms with Gasteiger partial charge in [-0.1, -0.05) is 11.6 Å². The van der Waals surface area contributed by atoms with Crippen molar-refractivity contribution in [3.05, 3.63) is 34.9 Å². The second-order valence-electron chi connectivity index (χ2n) is 6.82. The third-order valence-electron chi connectivity index (χ3n) is 3.64. The average Bonchev–Trinajstić information content (AvgIpc) is 2.71. The second kappa shape index (κ2) is 7.21. The van der Waals surface area contributed by atoms with Crippen molar-refractivity contribution in [1.29, 1.82) is 0 Å². The lowest BCUT2D eigenvalue weighted by molar-refractivity contribution is 0.0762. The molecule has 1 heterocycles. The Balaban J connectivity index is 1.97. The van der Waals surface area contributed by atoms with E-state index in [0.29, 0.717) is 36.8 Å². The van der Waals surface area contributed by atoms with Gasteiger partial charge in [0.1, 0.15) is 0 Å². The zero-order valence-corrected chi connectivity index (χ0v) is 14.7. The van der Waals surface area contributed by atoms with E-state index >= 15 is 0 Å². The minimum Gasteiger partial charge on any atom is -0.337 e. The van der Waals surface area contributed by atoms with Gasteiger partial charge in [0.05, 0.1) is 0 Å². The van der Waals surface area contributed by atoms with Crippen LogP contribution in [0.3, 0.4) is 0 Å². The van der Waals surface area contributed by atoms with Crippen molar-refractivity contribution in [1.82, 2.24) is 15.1 Å². The largest absolute Gasteiger partial charge is 0.337 e. The second-order valence-corrected chi connectivity index (χ2v) is 7.26. The quantitative estimate of drug-likeness (QED) is 0.856. The topological polar surface area (TPSA) is 52.7 Å². The Hall–Kier alpha value is -1.75. The summed E-state index contributed by atoms with van der Waals surface area (Å²) in [7, 11) is 0. The molecule has 0 radical (unpaired) electrons. The number of hydrogen-bond acceptors (Lipinski definition) is 2. The molecule has 5 nitrogen and oxygen atoms in total. The number of benzene rings is 1. The maximum absolute atomic E-state index is 12.5. The van der Waals surface area contributed by atoms with E-state index in [1.807, 2.05) is 20.8 Å². The number of amides is 3. The first-order chi connectivity index (χ1) is 10.8. The van der Waals surface area contributed by atoms with Crippen LogP contribution in [-0.4, -0.2) is 53.5 Å². The summed E-state index contributed by atoms with van der Waals surface area (Å²) in [5.41, 5.74) is 0.365. The van der Waals surface area contributed by atoms with E-state index < -0.39 is 0 Å². The van der Waals surface area contributed by atoms with E-state index in [-0.39, 0.29) is 17.5 Å². The number of carbonyl (C=O) groups is 2. The van der Waals surface area contributed by atoms with Gasteiger partial charge < -0.3 is 15.1 Å². The molecule has 0 saturated carbocycles. The summed E-state index contributed by atoms with van der Waals surface area (Å²) < 4.78 is 0. The number of carbonyl (C=O) groups excluding carboxylic acids is 2. The molecule has 0 bridgehead atoms. The molecule has 3 amide bonds. The van der Waals surface area contributed by atoms with Crippen LogP contribution in [0.5, 0.6) is 0 Å². The van der Waals surface area contributed by atoms with Crippen LogP contribution in [-0.2, 0) is 0 Å². The Labute approximate surface area is 142 Å². The van der Waals surface area contributed by atoms with E-state index in [2.05, 4.69) is 5.32 Å². The first-order valence-corrected chi connectivity index (χ1v) is 8.26. The third kappa shape index (κ3) is 5.13. The summed E-state index contributed by atoms with van der Waals surface area (Å²) in [4.78, 5) is 28.4. The molecule has 0 atom stereocenters. The average molecular weight is 338 g/mol. The number of rotatable bonds is 1. The van der Waals surface area contributed by atoms with E-state index in [9.17, 15) is 9.59 Å². The van der Waals surface area contributed by atoms with Gasteiger partial charge in [0.15, 0.2) is 0 Å². The molecule has 1 aliphatic heterocycles. The van der Waals surface area contributed by atoms with Crippen LogP contribution in [0.4, 0.5) is 4.79 Å². The summed E-state index contributed by atoms with van der Waals surface area (Å²) in [6, 6.07) is 6.84. The molecule has 23 heavy (non-hydrogen) atoms. The highest BCUT2D eigenvalue weighted by Gasteiger charge is 2.24. The zero-order chi connectivity index (χ0) is 17.0. The molecule has 0 unspecified atom stereocenters. The van der Waals surface area contributed by atoms with Crippen molar-refractivity contribution >= 4 is 23.5 Å². The van der Waals surface area contributed by atoms with Crippen LogP contribution in [0.2, 0.25) is 5.02 Å². The molecule has 1 aromatic rings. The number of halogens is 1. The molecule has 1 fully saturated rings. The lowest BCUT2D eigenvalue weighted by atomic mass is 10.1. The van der Waals surface area contributed by atoms with Gasteiger partial charge in [0.25, 0.3) is 5.91 Å². The minimum absolute atomic E-state index is 0.0141. The molecular formula is C17H24ClN3O2. The summed E-state index contributed by atoms with van der Waals surface area (Å²) in [6.07, 6.45) is 0.775. The summed E-state index contributed by atoms with van der Waals surface area (Å²) in [5, 5.41) is 3.58. The van der Waals surface area contributed by atoms with Gasteiger partial charge in [-0.2, -0.15) is 0 Å². The van der Waals surface area contributed by atoms with Crippen LogP contribution < -0.4 is 5.32 Å². The van der Waals surface area contributed by atoms with Crippen molar-refractivity contribution in [3.8, 4) is 0 Å². The van der Waals surface area contributed by atoms with Crippen molar-refractivity contribution in [2.24, 2.45) is 0 Å². The van der Waals surface area contributed by atoms with Gasteiger partial charge in [-0.3, -0.25) is 4.79 Å². The summed E-state index contributed by atoms with van der Waals surface area (Å²) in [5.74, 6) is -0.0141. The highest BCUT2D eigenvalue weighted by atomic mass is 35.5. The Morgan fingerprint density at radius 3 is 2.17 bits per heavy atom. The highest BCUT2D eigenvalue weighted by molar-refractivity contribution is 6.30. The number of nitrogens with zero attached hydrogens (tertiary/aromatic N) is 2. The number of urea groups is 1.